The first-order valence-electron chi connectivity index (χ1n) is 13.2. The highest BCUT2D eigenvalue weighted by molar-refractivity contribution is 6.37. The number of nitriles is 1. The SMILES string of the molecule is COc1cc(N2CCN([C@H]3CC[C@H](c4cn(C)c5ccc(C#N)cc54)CC3)CC2)c2ncccc2c1Cl. The van der Waals surface area contributed by atoms with E-state index < -0.39 is 0 Å². The number of rotatable bonds is 4. The van der Waals surface area contributed by atoms with Gasteiger partial charge in [0, 0.05) is 74.0 Å². The monoisotopic (exact) mass is 513 g/mol. The average Bonchev–Trinajstić information content (AvgIpc) is 3.29. The molecule has 1 saturated heterocycles. The van der Waals surface area contributed by atoms with Gasteiger partial charge in [0.25, 0.3) is 0 Å². The third-order valence-corrected chi connectivity index (χ3v) is 8.84. The number of halogens is 1. The highest BCUT2D eigenvalue weighted by Gasteiger charge is 2.31. The summed E-state index contributed by atoms with van der Waals surface area (Å²) in [6.07, 6.45) is 8.96. The molecule has 0 bridgehead atoms. The fourth-order valence-corrected chi connectivity index (χ4v) is 6.75. The van der Waals surface area contributed by atoms with Crippen molar-refractivity contribution in [3.05, 3.63) is 64.9 Å². The second kappa shape index (κ2) is 9.89. The predicted octanol–water partition coefficient (Wildman–Crippen LogP) is 6.11. The summed E-state index contributed by atoms with van der Waals surface area (Å²) in [6, 6.07) is 15.0. The lowest BCUT2D eigenvalue weighted by Gasteiger charge is -2.42. The lowest BCUT2D eigenvalue weighted by Crippen LogP contribution is -2.51. The van der Waals surface area contributed by atoms with Crippen molar-refractivity contribution in [2.75, 3.05) is 38.2 Å². The van der Waals surface area contributed by atoms with Gasteiger partial charge in [0.1, 0.15) is 5.75 Å². The van der Waals surface area contributed by atoms with Crippen molar-refractivity contribution in [3.8, 4) is 11.8 Å². The standard InChI is InChI=1S/C30H32ClN5O/c1-34-19-25(24-16-20(18-32)5-10-26(24)34)21-6-8-22(9-7-21)35-12-14-36(15-13-35)27-17-28(37-2)29(31)23-4-3-11-33-30(23)27/h3-5,10-11,16-17,19,21-22H,6-9,12-15H2,1-2H3/t21-,22-. The maximum absolute atomic E-state index is 9.38. The number of fused-ring (bicyclic) bond motifs is 2. The van der Waals surface area contributed by atoms with E-state index >= 15 is 0 Å². The summed E-state index contributed by atoms with van der Waals surface area (Å²) in [6.45, 7) is 4.04. The minimum Gasteiger partial charge on any atom is -0.495 e. The summed E-state index contributed by atoms with van der Waals surface area (Å²) in [5.41, 5.74) is 5.42. The molecular weight excluding hydrogens is 482 g/mol. The van der Waals surface area contributed by atoms with Crippen LogP contribution in [0.15, 0.2) is 48.8 Å². The molecule has 3 heterocycles. The normalized spacial score (nSPS) is 20.9. The zero-order valence-corrected chi connectivity index (χ0v) is 22.2. The Labute approximate surface area is 223 Å². The Bertz CT molecular complexity index is 1490. The molecule has 2 aliphatic rings. The number of nitrogens with zero attached hydrogens (tertiary/aromatic N) is 5. The molecule has 2 aromatic heterocycles. The number of piperazine rings is 1. The smallest absolute Gasteiger partial charge is 0.140 e. The van der Waals surface area contributed by atoms with Crippen LogP contribution in [-0.2, 0) is 7.05 Å². The minimum absolute atomic E-state index is 0.564. The molecule has 0 N–H and O–H groups in total. The van der Waals surface area contributed by atoms with Crippen LogP contribution in [-0.4, -0.2) is 53.8 Å². The fraction of sp³-hybridized carbons (Fsp3) is 0.400. The van der Waals surface area contributed by atoms with E-state index in [4.69, 9.17) is 16.3 Å². The molecule has 0 atom stereocenters. The van der Waals surface area contributed by atoms with Crippen LogP contribution in [0.1, 0.15) is 42.7 Å². The van der Waals surface area contributed by atoms with Gasteiger partial charge in [-0.15, -0.1) is 0 Å². The van der Waals surface area contributed by atoms with E-state index in [0.717, 1.165) is 48.3 Å². The number of aryl methyl sites for hydroxylation is 1. The Kier molecular flexibility index (Phi) is 6.44. The summed E-state index contributed by atoms with van der Waals surface area (Å²) in [5, 5.41) is 12.2. The van der Waals surface area contributed by atoms with Crippen LogP contribution in [0.5, 0.6) is 5.75 Å². The topological polar surface area (TPSA) is 57.3 Å². The largest absolute Gasteiger partial charge is 0.495 e. The van der Waals surface area contributed by atoms with Crippen LogP contribution in [0, 0.1) is 11.3 Å². The summed E-state index contributed by atoms with van der Waals surface area (Å²) in [5.74, 6) is 1.27. The molecule has 6 nitrogen and oxygen atoms in total. The molecular formula is C30H32ClN5O. The summed E-state index contributed by atoms with van der Waals surface area (Å²) in [4.78, 5) is 9.77. The van der Waals surface area contributed by atoms with Crippen LogP contribution < -0.4 is 9.64 Å². The second-order valence-corrected chi connectivity index (χ2v) is 10.8. The molecule has 0 radical (unpaired) electrons. The molecule has 1 saturated carbocycles. The number of benzene rings is 2. The van der Waals surface area contributed by atoms with E-state index in [0.29, 0.717) is 22.7 Å². The number of hydrogen-bond acceptors (Lipinski definition) is 5. The van der Waals surface area contributed by atoms with Crippen molar-refractivity contribution in [2.45, 2.75) is 37.6 Å². The third kappa shape index (κ3) is 4.31. The Morgan fingerprint density at radius 3 is 2.54 bits per heavy atom. The van der Waals surface area contributed by atoms with E-state index in [1.807, 2.05) is 30.5 Å². The van der Waals surface area contributed by atoms with Crippen LogP contribution >= 0.6 is 11.6 Å². The Morgan fingerprint density at radius 1 is 1.03 bits per heavy atom. The van der Waals surface area contributed by atoms with Gasteiger partial charge in [0.15, 0.2) is 0 Å². The van der Waals surface area contributed by atoms with Gasteiger partial charge >= 0.3 is 0 Å². The lowest BCUT2D eigenvalue weighted by atomic mass is 9.81. The lowest BCUT2D eigenvalue weighted by molar-refractivity contribution is 0.141. The van der Waals surface area contributed by atoms with Crippen molar-refractivity contribution in [3.63, 3.8) is 0 Å². The molecule has 37 heavy (non-hydrogen) atoms. The van der Waals surface area contributed by atoms with Crippen molar-refractivity contribution in [1.82, 2.24) is 14.5 Å². The molecule has 0 spiro atoms. The number of aromatic nitrogens is 2. The molecule has 0 unspecified atom stereocenters. The van der Waals surface area contributed by atoms with E-state index in [-0.39, 0.29) is 0 Å². The quantitative estimate of drug-likeness (QED) is 0.329. The minimum atomic E-state index is 0.564. The molecule has 2 aromatic carbocycles. The van der Waals surface area contributed by atoms with Crippen LogP contribution in [0.3, 0.4) is 0 Å². The first kappa shape index (κ1) is 24.1. The molecule has 0 amide bonds. The van der Waals surface area contributed by atoms with Gasteiger partial charge < -0.3 is 14.2 Å². The molecule has 1 aliphatic carbocycles. The highest BCUT2D eigenvalue weighted by atomic mass is 35.5. The number of methoxy groups -OCH3 is 1. The summed E-state index contributed by atoms with van der Waals surface area (Å²) >= 11 is 6.57. The Morgan fingerprint density at radius 2 is 1.81 bits per heavy atom. The number of ether oxygens (including phenoxy) is 1. The average molecular weight is 514 g/mol. The number of pyridine rings is 1. The molecule has 1 aliphatic heterocycles. The first-order valence-corrected chi connectivity index (χ1v) is 13.5. The fourth-order valence-electron chi connectivity index (χ4n) is 6.46. The van der Waals surface area contributed by atoms with E-state index in [2.05, 4.69) is 50.8 Å². The van der Waals surface area contributed by atoms with Crippen LogP contribution in [0.2, 0.25) is 5.02 Å². The molecule has 2 fully saturated rings. The zero-order chi connectivity index (χ0) is 25.5. The van der Waals surface area contributed by atoms with Gasteiger partial charge in [0.05, 0.1) is 35.0 Å². The zero-order valence-electron chi connectivity index (χ0n) is 21.5. The van der Waals surface area contributed by atoms with Crippen LogP contribution in [0.4, 0.5) is 5.69 Å². The van der Waals surface area contributed by atoms with Crippen LogP contribution in [0.25, 0.3) is 21.8 Å². The van der Waals surface area contributed by atoms with Crippen molar-refractivity contribution in [1.29, 1.82) is 5.26 Å². The van der Waals surface area contributed by atoms with Crippen molar-refractivity contribution < 1.29 is 4.74 Å². The second-order valence-electron chi connectivity index (χ2n) is 10.4. The van der Waals surface area contributed by atoms with E-state index in [1.165, 1.54) is 42.1 Å². The predicted molar refractivity (Wildman–Crippen MR) is 150 cm³/mol. The van der Waals surface area contributed by atoms with Crippen molar-refractivity contribution in [2.24, 2.45) is 7.05 Å². The Hall–Kier alpha value is -3.27. The molecule has 6 rings (SSSR count). The Balaban J connectivity index is 1.13. The van der Waals surface area contributed by atoms with Crippen molar-refractivity contribution >= 4 is 39.1 Å². The van der Waals surface area contributed by atoms with E-state index in [1.54, 1.807) is 7.11 Å². The first-order chi connectivity index (χ1) is 18.1. The summed E-state index contributed by atoms with van der Waals surface area (Å²) < 4.78 is 7.78. The maximum Gasteiger partial charge on any atom is 0.140 e. The molecule has 7 heteroatoms. The van der Waals surface area contributed by atoms with Gasteiger partial charge in [0.2, 0.25) is 0 Å². The number of anilines is 1. The van der Waals surface area contributed by atoms with E-state index in [9.17, 15) is 5.26 Å². The summed E-state index contributed by atoms with van der Waals surface area (Å²) in [7, 11) is 3.78. The highest BCUT2D eigenvalue weighted by Crippen LogP contribution is 2.41. The van der Waals surface area contributed by atoms with Gasteiger partial charge in [-0.05, 0) is 67.5 Å². The molecule has 190 valence electrons. The molecule has 4 aromatic rings. The van der Waals surface area contributed by atoms with Gasteiger partial charge in [-0.2, -0.15) is 5.26 Å². The van der Waals surface area contributed by atoms with Gasteiger partial charge in [-0.25, -0.2) is 0 Å². The third-order valence-electron chi connectivity index (χ3n) is 8.45. The van der Waals surface area contributed by atoms with Gasteiger partial charge in [-0.1, -0.05) is 11.6 Å². The van der Waals surface area contributed by atoms with Gasteiger partial charge in [-0.3, -0.25) is 9.88 Å². The maximum atomic E-state index is 9.38. The number of hydrogen-bond donors (Lipinski definition) is 0.